The van der Waals surface area contributed by atoms with Crippen LogP contribution in [0, 0.1) is 0 Å². The maximum atomic E-state index is 11.0. The fourth-order valence-corrected chi connectivity index (χ4v) is 1.60. The van der Waals surface area contributed by atoms with Crippen LogP contribution >= 0.6 is 12.6 Å². The van der Waals surface area contributed by atoms with Crippen molar-refractivity contribution in [2.45, 2.75) is 12.2 Å². The van der Waals surface area contributed by atoms with E-state index in [1.807, 2.05) is 0 Å². The molecule has 1 rings (SSSR count). The molecule has 0 radical (unpaired) electrons. The van der Waals surface area contributed by atoms with Crippen LogP contribution in [-0.4, -0.2) is 40.3 Å². The van der Waals surface area contributed by atoms with Gasteiger partial charge >= 0.3 is 5.97 Å². The molecule has 6 heteroatoms. The van der Waals surface area contributed by atoms with Gasteiger partial charge in [-0.05, 0) is 17.7 Å². The number of carboxylic acid groups (broad SMARTS) is 1. The Labute approximate surface area is 104 Å². The van der Waals surface area contributed by atoms with Gasteiger partial charge in [-0.1, -0.05) is 6.07 Å². The first-order valence-corrected chi connectivity index (χ1v) is 5.52. The minimum atomic E-state index is -1.17. The Bertz CT molecular complexity index is 407. The topological polar surface area (TPSA) is 87.0 Å². The Morgan fingerprint density at radius 3 is 2.59 bits per heavy atom. The number of aliphatic hydroxyl groups is 2. The molecule has 2 unspecified atom stereocenters. The van der Waals surface area contributed by atoms with Crippen LogP contribution in [-0.2, 0) is 0 Å². The zero-order valence-corrected chi connectivity index (χ0v) is 10.1. The molecule has 17 heavy (non-hydrogen) atoms. The third-order valence-corrected chi connectivity index (χ3v) is 2.72. The first-order chi connectivity index (χ1) is 8.01. The maximum Gasteiger partial charge on any atom is 0.339 e. The lowest BCUT2D eigenvalue weighted by Gasteiger charge is -2.17. The van der Waals surface area contributed by atoms with Crippen molar-refractivity contribution in [2.75, 3.05) is 12.9 Å². The quantitative estimate of drug-likeness (QED) is 0.585. The highest BCUT2D eigenvalue weighted by Gasteiger charge is 2.20. The van der Waals surface area contributed by atoms with E-state index < -0.39 is 18.2 Å². The van der Waals surface area contributed by atoms with E-state index in [0.717, 1.165) is 0 Å². The zero-order chi connectivity index (χ0) is 13.0. The van der Waals surface area contributed by atoms with Gasteiger partial charge < -0.3 is 20.1 Å². The lowest BCUT2D eigenvalue weighted by molar-refractivity contribution is 0.0336. The molecule has 3 N–H and O–H groups in total. The van der Waals surface area contributed by atoms with Crippen LogP contribution in [0.4, 0.5) is 0 Å². The molecule has 0 aliphatic rings. The van der Waals surface area contributed by atoms with Crippen LogP contribution in [0.5, 0.6) is 5.75 Å². The molecule has 1 aromatic carbocycles. The smallest absolute Gasteiger partial charge is 0.339 e. The Hall–Kier alpha value is -1.24. The van der Waals surface area contributed by atoms with E-state index in [4.69, 9.17) is 9.84 Å². The lowest BCUT2D eigenvalue weighted by Crippen LogP contribution is -2.20. The van der Waals surface area contributed by atoms with E-state index in [9.17, 15) is 15.0 Å². The monoisotopic (exact) mass is 258 g/mol. The van der Waals surface area contributed by atoms with Gasteiger partial charge in [-0.15, -0.1) is 0 Å². The van der Waals surface area contributed by atoms with Crippen LogP contribution in [0.2, 0.25) is 0 Å². The number of ether oxygens (including phenoxy) is 1. The molecule has 0 aliphatic heterocycles. The van der Waals surface area contributed by atoms with Gasteiger partial charge in [-0.3, -0.25) is 0 Å². The number of hydrogen-bond donors (Lipinski definition) is 4. The van der Waals surface area contributed by atoms with Gasteiger partial charge in [0.25, 0.3) is 0 Å². The summed E-state index contributed by atoms with van der Waals surface area (Å²) in [5, 5.41) is 28.1. The van der Waals surface area contributed by atoms with Crippen LogP contribution in [0.15, 0.2) is 18.2 Å². The number of aromatic carboxylic acids is 1. The third kappa shape index (κ3) is 3.12. The molecular weight excluding hydrogens is 244 g/mol. The SMILES string of the molecule is COc1ccc(C(O)C(O)CS)cc1C(=O)O. The number of benzene rings is 1. The number of thiol groups is 1. The second-order valence-corrected chi connectivity index (χ2v) is 3.82. The molecular formula is C11H14O5S. The van der Waals surface area contributed by atoms with E-state index in [0.29, 0.717) is 5.56 Å². The highest BCUT2D eigenvalue weighted by atomic mass is 32.1. The molecule has 0 amide bonds. The van der Waals surface area contributed by atoms with Crippen molar-refractivity contribution in [3.05, 3.63) is 29.3 Å². The van der Waals surface area contributed by atoms with Crippen molar-refractivity contribution in [2.24, 2.45) is 0 Å². The van der Waals surface area contributed by atoms with E-state index in [1.165, 1.54) is 25.3 Å². The number of rotatable bonds is 5. The maximum absolute atomic E-state index is 11.0. The highest BCUT2D eigenvalue weighted by molar-refractivity contribution is 7.80. The molecule has 2 atom stereocenters. The number of methoxy groups -OCH3 is 1. The fourth-order valence-electron chi connectivity index (χ4n) is 1.40. The minimum absolute atomic E-state index is 0.0598. The van der Waals surface area contributed by atoms with E-state index in [1.54, 1.807) is 0 Å². The van der Waals surface area contributed by atoms with Crippen molar-refractivity contribution in [1.29, 1.82) is 0 Å². The van der Waals surface area contributed by atoms with Gasteiger partial charge in [0.05, 0.1) is 13.2 Å². The molecule has 5 nitrogen and oxygen atoms in total. The van der Waals surface area contributed by atoms with Crippen molar-refractivity contribution >= 4 is 18.6 Å². The van der Waals surface area contributed by atoms with Crippen LogP contribution in [0.25, 0.3) is 0 Å². The van der Waals surface area contributed by atoms with Crippen molar-refractivity contribution in [1.82, 2.24) is 0 Å². The third-order valence-electron chi connectivity index (χ3n) is 2.35. The van der Waals surface area contributed by atoms with Gasteiger partial charge in [0.2, 0.25) is 0 Å². The minimum Gasteiger partial charge on any atom is -0.496 e. The molecule has 0 aliphatic carbocycles. The number of carbonyl (C=O) groups is 1. The summed E-state index contributed by atoms with van der Waals surface area (Å²) in [6.07, 6.45) is -2.22. The molecule has 1 aromatic rings. The Balaban J connectivity index is 3.12. The van der Waals surface area contributed by atoms with E-state index in [2.05, 4.69) is 12.6 Å². The summed E-state index contributed by atoms with van der Waals surface area (Å²) in [5.74, 6) is -0.875. The summed E-state index contributed by atoms with van der Waals surface area (Å²) in [6, 6.07) is 4.22. The fraction of sp³-hybridized carbons (Fsp3) is 0.364. The van der Waals surface area contributed by atoms with Crippen LogP contribution in [0.1, 0.15) is 22.0 Å². The van der Waals surface area contributed by atoms with Gasteiger partial charge in [0.15, 0.2) is 0 Å². The van der Waals surface area contributed by atoms with E-state index >= 15 is 0 Å². The second-order valence-electron chi connectivity index (χ2n) is 3.46. The molecule has 0 fully saturated rings. The summed E-state index contributed by atoms with van der Waals surface area (Å²) in [5.41, 5.74) is 0.250. The Morgan fingerprint density at radius 2 is 2.12 bits per heavy atom. The van der Waals surface area contributed by atoms with Crippen LogP contribution in [0.3, 0.4) is 0 Å². The van der Waals surface area contributed by atoms with Gasteiger partial charge in [0, 0.05) is 5.75 Å². The lowest BCUT2D eigenvalue weighted by atomic mass is 10.0. The molecule has 0 spiro atoms. The molecule has 0 aromatic heterocycles. The number of hydrogen-bond acceptors (Lipinski definition) is 5. The first kappa shape index (κ1) is 13.8. The first-order valence-electron chi connectivity index (χ1n) is 4.89. The van der Waals surface area contributed by atoms with Gasteiger partial charge in [-0.2, -0.15) is 12.6 Å². The van der Waals surface area contributed by atoms with Gasteiger partial charge in [0.1, 0.15) is 17.4 Å². The summed E-state index contributed by atoms with van der Waals surface area (Å²) in [7, 11) is 1.36. The average Bonchev–Trinajstić information content (AvgIpc) is 2.35. The van der Waals surface area contributed by atoms with Crippen LogP contribution < -0.4 is 4.74 Å². The summed E-state index contributed by atoms with van der Waals surface area (Å²) in [6.45, 7) is 0. The summed E-state index contributed by atoms with van der Waals surface area (Å²) < 4.78 is 4.89. The van der Waals surface area contributed by atoms with Gasteiger partial charge in [-0.25, -0.2) is 4.79 Å². The largest absolute Gasteiger partial charge is 0.496 e. The van der Waals surface area contributed by atoms with E-state index in [-0.39, 0.29) is 17.1 Å². The highest BCUT2D eigenvalue weighted by Crippen LogP contribution is 2.25. The Kier molecular flexibility index (Phi) is 4.80. The van der Waals surface area contributed by atoms with Crippen molar-refractivity contribution in [3.63, 3.8) is 0 Å². The summed E-state index contributed by atoms with van der Waals surface area (Å²) >= 11 is 3.86. The molecule has 0 saturated carbocycles. The second kappa shape index (κ2) is 5.90. The average molecular weight is 258 g/mol. The molecule has 0 heterocycles. The molecule has 94 valence electrons. The molecule has 0 saturated heterocycles. The summed E-state index contributed by atoms with van der Waals surface area (Å²) in [4.78, 5) is 11.0. The number of aliphatic hydroxyl groups excluding tert-OH is 2. The van der Waals surface area contributed by atoms with Crippen molar-refractivity contribution in [3.8, 4) is 5.75 Å². The predicted octanol–water partition coefficient (Wildman–Crippen LogP) is 0.718. The Morgan fingerprint density at radius 1 is 1.47 bits per heavy atom. The van der Waals surface area contributed by atoms with Crippen molar-refractivity contribution < 1.29 is 24.9 Å². The normalized spacial score (nSPS) is 14.1. The standard InChI is InChI=1S/C11H14O5S/c1-16-9-3-2-6(4-7(9)11(14)15)10(13)8(12)5-17/h2-4,8,10,12-13,17H,5H2,1H3,(H,14,15). The zero-order valence-electron chi connectivity index (χ0n) is 9.20. The predicted molar refractivity (Wildman–Crippen MR) is 64.8 cm³/mol. The molecule has 0 bridgehead atoms. The number of carboxylic acids is 1.